The monoisotopic (exact) mass is 437 g/mol. The molecule has 0 aliphatic heterocycles. The zero-order chi connectivity index (χ0) is 23.1. The molecule has 1 aliphatic rings. The molecule has 5 aromatic rings. The SMILES string of the molecule is CC1(C)c2ccccc2-c2c(Nc3ccccc3-c3ccccc3)cc(-c3ccccc3)cc21. The summed E-state index contributed by atoms with van der Waals surface area (Å²) in [5, 5.41) is 3.86. The van der Waals surface area contributed by atoms with Gasteiger partial charge in [-0.05, 0) is 51.6 Å². The van der Waals surface area contributed by atoms with Crippen molar-refractivity contribution >= 4 is 11.4 Å². The first-order valence-corrected chi connectivity index (χ1v) is 11.9. The normalized spacial score (nSPS) is 13.2. The van der Waals surface area contributed by atoms with Gasteiger partial charge < -0.3 is 5.32 Å². The second-order valence-corrected chi connectivity index (χ2v) is 9.52. The number of rotatable bonds is 4. The molecule has 0 atom stereocenters. The second kappa shape index (κ2) is 8.04. The van der Waals surface area contributed by atoms with Gasteiger partial charge in [0, 0.05) is 27.9 Å². The minimum atomic E-state index is -0.0634. The summed E-state index contributed by atoms with van der Waals surface area (Å²) in [5.41, 5.74) is 12.5. The molecule has 1 nitrogen and oxygen atoms in total. The van der Waals surface area contributed by atoms with Crippen LogP contribution in [-0.4, -0.2) is 0 Å². The number of para-hydroxylation sites is 1. The Balaban J connectivity index is 1.58. The largest absolute Gasteiger partial charge is 0.354 e. The molecule has 1 heteroatoms. The van der Waals surface area contributed by atoms with Gasteiger partial charge in [-0.25, -0.2) is 0 Å². The molecule has 0 radical (unpaired) electrons. The summed E-state index contributed by atoms with van der Waals surface area (Å²) in [5.74, 6) is 0. The van der Waals surface area contributed by atoms with Crippen molar-refractivity contribution < 1.29 is 0 Å². The molecule has 0 saturated carbocycles. The van der Waals surface area contributed by atoms with E-state index in [9.17, 15) is 0 Å². The Morgan fingerprint density at radius 1 is 0.471 bits per heavy atom. The predicted octanol–water partition coefficient (Wildman–Crippen LogP) is 9.07. The molecular weight excluding hydrogens is 410 g/mol. The van der Waals surface area contributed by atoms with Crippen molar-refractivity contribution in [1.29, 1.82) is 0 Å². The summed E-state index contributed by atoms with van der Waals surface area (Å²) in [6.07, 6.45) is 0. The van der Waals surface area contributed by atoms with Gasteiger partial charge in [-0.15, -0.1) is 0 Å². The van der Waals surface area contributed by atoms with Crippen LogP contribution in [0.5, 0.6) is 0 Å². The van der Waals surface area contributed by atoms with Crippen LogP contribution in [0.2, 0.25) is 0 Å². The highest BCUT2D eigenvalue weighted by molar-refractivity contribution is 5.95. The lowest BCUT2D eigenvalue weighted by Crippen LogP contribution is -2.15. The zero-order valence-corrected chi connectivity index (χ0v) is 19.5. The molecule has 0 spiro atoms. The average Bonchev–Trinajstić information content (AvgIpc) is 3.12. The van der Waals surface area contributed by atoms with Gasteiger partial charge in [-0.1, -0.05) is 117 Å². The standard InChI is InChI=1S/C33H27N/c1-33(2)28-19-11-9-18-27(28)32-29(33)21-25(23-13-5-3-6-14-23)22-31(32)34-30-20-12-10-17-26(30)24-15-7-4-8-16-24/h3-22,34H,1-2H3. The van der Waals surface area contributed by atoms with Crippen LogP contribution in [0, 0.1) is 0 Å². The number of hydrogen-bond donors (Lipinski definition) is 1. The van der Waals surface area contributed by atoms with Gasteiger partial charge in [0.15, 0.2) is 0 Å². The van der Waals surface area contributed by atoms with Crippen molar-refractivity contribution in [1.82, 2.24) is 0 Å². The quantitative estimate of drug-likeness (QED) is 0.296. The average molecular weight is 438 g/mol. The summed E-state index contributed by atoms with van der Waals surface area (Å²) in [6.45, 7) is 4.68. The van der Waals surface area contributed by atoms with E-state index in [2.05, 4.69) is 140 Å². The van der Waals surface area contributed by atoms with Gasteiger partial charge in [0.05, 0.1) is 0 Å². The molecular formula is C33H27N. The van der Waals surface area contributed by atoms with Crippen LogP contribution >= 0.6 is 0 Å². The third kappa shape index (κ3) is 3.33. The third-order valence-corrected chi connectivity index (χ3v) is 7.07. The van der Waals surface area contributed by atoms with Crippen molar-refractivity contribution in [3.05, 3.63) is 132 Å². The topological polar surface area (TPSA) is 12.0 Å². The summed E-state index contributed by atoms with van der Waals surface area (Å²) in [6, 6.07) is 43.4. The minimum Gasteiger partial charge on any atom is -0.354 e. The molecule has 0 aromatic heterocycles. The first-order valence-electron chi connectivity index (χ1n) is 11.9. The minimum absolute atomic E-state index is 0.0634. The van der Waals surface area contributed by atoms with E-state index in [-0.39, 0.29) is 5.41 Å². The maximum Gasteiger partial charge on any atom is 0.0473 e. The summed E-state index contributed by atoms with van der Waals surface area (Å²) >= 11 is 0. The molecule has 5 aromatic carbocycles. The lowest BCUT2D eigenvalue weighted by molar-refractivity contribution is 0.661. The van der Waals surface area contributed by atoms with Crippen LogP contribution in [0.15, 0.2) is 121 Å². The van der Waals surface area contributed by atoms with Crippen molar-refractivity contribution in [2.24, 2.45) is 0 Å². The van der Waals surface area contributed by atoms with Crippen LogP contribution in [0.1, 0.15) is 25.0 Å². The van der Waals surface area contributed by atoms with Gasteiger partial charge in [0.1, 0.15) is 0 Å². The van der Waals surface area contributed by atoms with Crippen LogP contribution in [0.25, 0.3) is 33.4 Å². The molecule has 0 unspecified atom stereocenters. The van der Waals surface area contributed by atoms with Gasteiger partial charge in [0.25, 0.3) is 0 Å². The lowest BCUT2D eigenvalue weighted by atomic mass is 9.81. The maximum absolute atomic E-state index is 3.86. The fourth-order valence-electron chi connectivity index (χ4n) is 5.32. The van der Waals surface area contributed by atoms with E-state index < -0.39 is 0 Å². The molecule has 1 N–H and O–H groups in total. The summed E-state index contributed by atoms with van der Waals surface area (Å²) < 4.78 is 0. The van der Waals surface area contributed by atoms with Crippen molar-refractivity contribution in [2.45, 2.75) is 19.3 Å². The Labute approximate surface area is 201 Å². The Kier molecular flexibility index (Phi) is 4.85. The smallest absolute Gasteiger partial charge is 0.0473 e. The van der Waals surface area contributed by atoms with E-state index in [0.29, 0.717) is 0 Å². The van der Waals surface area contributed by atoms with Crippen LogP contribution in [0.3, 0.4) is 0 Å². The number of nitrogens with one attached hydrogen (secondary N) is 1. The summed E-state index contributed by atoms with van der Waals surface area (Å²) in [4.78, 5) is 0. The Bertz CT molecular complexity index is 1480. The van der Waals surface area contributed by atoms with Crippen molar-refractivity contribution in [3.8, 4) is 33.4 Å². The fraction of sp³-hybridized carbons (Fsp3) is 0.0909. The second-order valence-electron chi connectivity index (χ2n) is 9.52. The zero-order valence-electron chi connectivity index (χ0n) is 19.5. The fourth-order valence-corrected chi connectivity index (χ4v) is 5.32. The maximum atomic E-state index is 3.86. The van der Waals surface area contributed by atoms with Crippen molar-refractivity contribution in [2.75, 3.05) is 5.32 Å². The van der Waals surface area contributed by atoms with E-state index in [4.69, 9.17) is 0 Å². The first-order chi connectivity index (χ1) is 16.6. The van der Waals surface area contributed by atoms with Gasteiger partial charge in [0.2, 0.25) is 0 Å². The molecule has 1 aliphatic carbocycles. The highest BCUT2D eigenvalue weighted by Crippen LogP contribution is 2.53. The molecule has 0 amide bonds. The molecule has 6 rings (SSSR count). The molecule has 34 heavy (non-hydrogen) atoms. The Morgan fingerprint density at radius 2 is 1.06 bits per heavy atom. The van der Waals surface area contributed by atoms with Gasteiger partial charge in [-0.2, -0.15) is 0 Å². The molecule has 0 fully saturated rings. The molecule has 0 saturated heterocycles. The predicted molar refractivity (Wildman–Crippen MR) is 145 cm³/mol. The molecule has 0 heterocycles. The lowest BCUT2D eigenvalue weighted by Gasteiger charge is -2.23. The number of hydrogen-bond acceptors (Lipinski definition) is 1. The Morgan fingerprint density at radius 3 is 1.79 bits per heavy atom. The van der Waals surface area contributed by atoms with Crippen molar-refractivity contribution in [3.63, 3.8) is 0 Å². The number of anilines is 2. The highest BCUT2D eigenvalue weighted by atomic mass is 14.9. The summed E-state index contributed by atoms with van der Waals surface area (Å²) in [7, 11) is 0. The van der Waals surface area contributed by atoms with Crippen LogP contribution in [-0.2, 0) is 5.41 Å². The first kappa shape index (κ1) is 20.5. The number of fused-ring (bicyclic) bond motifs is 3. The van der Waals surface area contributed by atoms with E-state index in [1.807, 2.05) is 0 Å². The van der Waals surface area contributed by atoms with Gasteiger partial charge in [-0.3, -0.25) is 0 Å². The van der Waals surface area contributed by atoms with E-state index in [0.717, 1.165) is 11.4 Å². The molecule has 164 valence electrons. The van der Waals surface area contributed by atoms with E-state index in [1.54, 1.807) is 0 Å². The third-order valence-electron chi connectivity index (χ3n) is 7.07. The van der Waals surface area contributed by atoms with Gasteiger partial charge >= 0.3 is 0 Å². The van der Waals surface area contributed by atoms with E-state index >= 15 is 0 Å². The highest BCUT2D eigenvalue weighted by Gasteiger charge is 2.37. The van der Waals surface area contributed by atoms with Crippen LogP contribution < -0.4 is 5.32 Å². The number of benzene rings is 5. The van der Waals surface area contributed by atoms with Crippen LogP contribution in [0.4, 0.5) is 11.4 Å². The Hall–Kier alpha value is -4.10. The van der Waals surface area contributed by atoms with E-state index in [1.165, 1.54) is 44.5 Å². The molecule has 0 bridgehead atoms.